The molecule has 1 fully saturated rings. The highest BCUT2D eigenvalue weighted by molar-refractivity contribution is 7.15. The van der Waals surface area contributed by atoms with E-state index in [4.69, 9.17) is 0 Å². The first-order valence-electron chi connectivity index (χ1n) is 6.60. The normalized spacial score (nSPS) is 24.8. The van der Waals surface area contributed by atoms with Crippen LogP contribution in [0.3, 0.4) is 0 Å². The van der Waals surface area contributed by atoms with E-state index >= 15 is 0 Å². The van der Waals surface area contributed by atoms with Crippen molar-refractivity contribution in [3.8, 4) is 0 Å². The van der Waals surface area contributed by atoms with Gasteiger partial charge in [-0.05, 0) is 20.5 Å². The molecule has 1 aliphatic heterocycles. The van der Waals surface area contributed by atoms with Crippen LogP contribution in [-0.4, -0.2) is 63.6 Å². The number of thiazole rings is 1. The third-order valence-electron chi connectivity index (χ3n) is 3.59. The Balaban J connectivity index is 1.71. The van der Waals surface area contributed by atoms with Gasteiger partial charge in [0.1, 0.15) is 0 Å². The predicted molar refractivity (Wildman–Crippen MR) is 76.4 cm³/mol. The fourth-order valence-electron chi connectivity index (χ4n) is 2.82. The molecular formula is C13H20N4OS. The van der Waals surface area contributed by atoms with Gasteiger partial charge in [-0.3, -0.25) is 9.30 Å². The maximum absolute atomic E-state index is 9.88. The summed E-state index contributed by atoms with van der Waals surface area (Å²) in [5, 5.41) is 11.9. The lowest BCUT2D eigenvalue weighted by molar-refractivity contribution is 0.168. The fourth-order valence-corrected chi connectivity index (χ4v) is 3.54. The standard InChI is InChI=1S/C13H20N4OS/c1-15(2)8-11-5-12(18)9-17(11)7-10-6-16-3-4-19-13(16)14-10/h3-4,6,11-12,18H,5,7-9H2,1-2H3. The van der Waals surface area contributed by atoms with Crippen molar-refractivity contribution in [2.75, 3.05) is 27.2 Å². The Morgan fingerprint density at radius 1 is 1.53 bits per heavy atom. The summed E-state index contributed by atoms with van der Waals surface area (Å²) in [5.74, 6) is 0. The smallest absolute Gasteiger partial charge is 0.193 e. The number of rotatable bonds is 4. The van der Waals surface area contributed by atoms with Crippen molar-refractivity contribution in [2.24, 2.45) is 0 Å². The Hall–Kier alpha value is -0.950. The zero-order valence-corrected chi connectivity index (χ0v) is 12.2. The minimum Gasteiger partial charge on any atom is -0.392 e. The Kier molecular flexibility index (Phi) is 3.58. The van der Waals surface area contributed by atoms with Gasteiger partial charge in [0.05, 0.1) is 11.8 Å². The van der Waals surface area contributed by atoms with Gasteiger partial charge in [-0.15, -0.1) is 11.3 Å². The molecule has 0 saturated carbocycles. The van der Waals surface area contributed by atoms with Crippen LogP contribution in [0.15, 0.2) is 17.8 Å². The first-order valence-corrected chi connectivity index (χ1v) is 7.47. The number of imidazole rings is 1. The summed E-state index contributed by atoms with van der Waals surface area (Å²) < 4.78 is 2.06. The number of likely N-dealkylation sites (tertiary alicyclic amines) is 1. The quantitative estimate of drug-likeness (QED) is 0.903. The number of fused-ring (bicyclic) bond motifs is 1. The van der Waals surface area contributed by atoms with E-state index in [1.807, 2.05) is 11.6 Å². The molecule has 2 aromatic heterocycles. The number of nitrogens with zero attached hydrogens (tertiary/aromatic N) is 4. The maximum Gasteiger partial charge on any atom is 0.193 e. The molecule has 2 unspecified atom stereocenters. The maximum atomic E-state index is 9.88. The summed E-state index contributed by atoms with van der Waals surface area (Å²) in [5.41, 5.74) is 1.09. The SMILES string of the molecule is CN(C)CC1CC(O)CN1Cc1cn2ccsc2n1. The molecule has 0 aromatic carbocycles. The summed E-state index contributed by atoms with van der Waals surface area (Å²) in [6.07, 6.45) is 4.78. The molecule has 0 radical (unpaired) electrons. The lowest BCUT2D eigenvalue weighted by atomic mass is 10.2. The van der Waals surface area contributed by atoms with Gasteiger partial charge in [0.15, 0.2) is 4.96 Å². The lowest BCUT2D eigenvalue weighted by Crippen LogP contribution is -2.37. The highest BCUT2D eigenvalue weighted by Crippen LogP contribution is 2.21. The van der Waals surface area contributed by atoms with Gasteiger partial charge >= 0.3 is 0 Å². The van der Waals surface area contributed by atoms with Crippen molar-refractivity contribution >= 4 is 16.3 Å². The van der Waals surface area contributed by atoms with Crippen LogP contribution in [0.4, 0.5) is 0 Å². The summed E-state index contributed by atoms with van der Waals surface area (Å²) in [6.45, 7) is 2.56. The topological polar surface area (TPSA) is 44.0 Å². The minimum atomic E-state index is -0.200. The average Bonchev–Trinajstić information content (AvgIpc) is 2.94. The van der Waals surface area contributed by atoms with Gasteiger partial charge in [-0.2, -0.15) is 0 Å². The molecule has 0 amide bonds. The molecular weight excluding hydrogens is 260 g/mol. The van der Waals surface area contributed by atoms with E-state index in [0.717, 1.165) is 36.7 Å². The molecule has 3 heterocycles. The van der Waals surface area contributed by atoms with Crippen LogP contribution in [0, 0.1) is 0 Å². The predicted octanol–water partition coefficient (Wildman–Crippen LogP) is 0.893. The van der Waals surface area contributed by atoms with E-state index < -0.39 is 0 Å². The second kappa shape index (κ2) is 5.20. The molecule has 1 saturated heterocycles. The van der Waals surface area contributed by atoms with E-state index in [2.05, 4.69) is 39.5 Å². The largest absolute Gasteiger partial charge is 0.392 e. The van der Waals surface area contributed by atoms with Crippen molar-refractivity contribution in [2.45, 2.75) is 25.1 Å². The van der Waals surface area contributed by atoms with Crippen molar-refractivity contribution in [3.05, 3.63) is 23.5 Å². The zero-order valence-electron chi connectivity index (χ0n) is 11.4. The number of hydrogen-bond acceptors (Lipinski definition) is 5. The van der Waals surface area contributed by atoms with E-state index in [9.17, 15) is 5.11 Å². The van der Waals surface area contributed by atoms with Gasteiger partial charge in [-0.1, -0.05) is 0 Å². The molecule has 0 aliphatic carbocycles. The highest BCUT2D eigenvalue weighted by atomic mass is 32.1. The molecule has 104 valence electrons. The van der Waals surface area contributed by atoms with Gasteiger partial charge < -0.3 is 10.0 Å². The van der Waals surface area contributed by atoms with Crippen LogP contribution in [-0.2, 0) is 6.54 Å². The van der Waals surface area contributed by atoms with Crippen molar-refractivity contribution in [1.82, 2.24) is 19.2 Å². The van der Waals surface area contributed by atoms with E-state index in [-0.39, 0.29) is 6.10 Å². The average molecular weight is 280 g/mol. The molecule has 19 heavy (non-hydrogen) atoms. The Bertz CT molecular complexity index is 521. The Morgan fingerprint density at radius 3 is 3.11 bits per heavy atom. The Morgan fingerprint density at radius 2 is 2.37 bits per heavy atom. The first kappa shape index (κ1) is 13.1. The van der Waals surface area contributed by atoms with Crippen LogP contribution < -0.4 is 0 Å². The van der Waals surface area contributed by atoms with Crippen molar-refractivity contribution in [1.29, 1.82) is 0 Å². The summed E-state index contributed by atoms with van der Waals surface area (Å²) in [4.78, 5) is 10.2. The van der Waals surface area contributed by atoms with Crippen LogP contribution in [0.25, 0.3) is 4.96 Å². The number of aromatic nitrogens is 2. The number of likely N-dealkylation sites (N-methyl/N-ethyl adjacent to an activating group) is 1. The number of aliphatic hydroxyl groups excluding tert-OH is 1. The second-order valence-electron chi connectivity index (χ2n) is 5.56. The molecule has 5 nitrogen and oxygen atoms in total. The monoisotopic (exact) mass is 280 g/mol. The third kappa shape index (κ3) is 2.81. The van der Waals surface area contributed by atoms with Gasteiger partial charge in [0.25, 0.3) is 0 Å². The molecule has 1 N–H and O–H groups in total. The van der Waals surface area contributed by atoms with Crippen LogP contribution in [0.1, 0.15) is 12.1 Å². The molecule has 2 aromatic rings. The van der Waals surface area contributed by atoms with E-state index in [1.165, 1.54) is 0 Å². The fraction of sp³-hybridized carbons (Fsp3) is 0.615. The molecule has 1 aliphatic rings. The second-order valence-corrected chi connectivity index (χ2v) is 6.43. The molecule has 0 spiro atoms. The lowest BCUT2D eigenvalue weighted by Gasteiger charge is -2.25. The molecule has 3 rings (SSSR count). The van der Waals surface area contributed by atoms with Crippen LogP contribution >= 0.6 is 11.3 Å². The van der Waals surface area contributed by atoms with Crippen LogP contribution in [0.2, 0.25) is 0 Å². The number of β-amino-alcohol motifs (C(OH)–C–C–N with tert-alkyl or cyclic N) is 1. The Labute approximate surface area is 117 Å². The summed E-state index contributed by atoms with van der Waals surface area (Å²) >= 11 is 1.65. The highest BCUT2D eigenvalue weighted by Gasteiger charge is 2.31. The van der Waals surface area contributed by atoms with Gasteiger partial charge in [-0.25, -0.2) is 4.98 Å². The third-order valence-corrected chi connectivity index (χ3v) is 4.36. The number of aliphatic hydroxyl groups is 1. The van der Waals surface area contributed by atoms with Crippen molar-refractivity contribution < 1.29 is 5.11 Å². The zero-order chi connectivity index (χ0) is 13.4. The summed E-state index contributed by atoms with van der Waals surface area (Å²) in [6, 6.07) is 0.421. The minimum absolute atomic E-state index is 0.200. The summed E-state index contributed by atoms with van der Waals surface area (Å²) in [7, 11) is 4.16. The van der Waals surface area contributed by atoms with Crippen LogP contribution in [0.5, 0.6) is 0 Å². The molecule has 2 atom stereocenters. The molecule has 0 bridgehead atoms. The van der Waals surface area contributed by atoms with E-state index in [0.29, 0.717) is 6.04 Å². The molecule has 6 heteroatoms. The van der Waals surface area contributed by atoms with Gasteiger partial charge in [0.2, 0.25) is 0 Å². The van der Waals surface area contributed by atoms with E-state index in [1.54, 1.807) is 11.3 Å². The van der Waals surface area contributed by atoms with Crippen molar-refractivity contribution in [3.63, 3.8) is 0 Å². The van der Waals surface area contributed by atoms with Gasteiger partial charge in [0, 0.05) is 43.4 Å². The first-order chi connectivity index (χ1) is 9.11. The number of hydrogen-bond donors (Lipinski definition) is 1.